The summed E-state index contributed by atoms with van der Waals surface area (Å²) in [6, 6.07) is 12.5. The fourth-order valence-corrected chi connectivity index (χ4v) is 3.70. The maximum absolute atomic E-state index is 12.3. The Morgan fingerprint density at radius 1 is 1.00 bits per heavy atom. The number of amides is 2. The maximum Gasteiger partial charge on any atom is 0.261 e. The minimum atomic E-state index is -3.81. The molecule has 134 valence electrons. The summed E-state index contributed by atoms with van der Waals surface area (Å²) < 4.78 is 26.9. The average Bonchev–Trinajstić information content (AvgIpc) is 2.84. The second kappa shape index (κ2) is 6.72. The van der Waals surface area contributed by atoms with E-state index in [1.54, 1.807) is 24.3 Å². The molecule has 3 rings (SSSR count). The van der Waals surface area contributed by atoms with Gasteiger partial charge in [-0.15, -0.1) is 0 Å². The van der Waals surface area contributed by atoms with Gasteiger partial charge in [0.2, 0.25) is 10.0 Å². The number of nitrogens with one attached hydrogen (secondary N) is 1. The van der Waals surface area contributed by atoms with Gasteiger partial charge in [0, 0.05) is 17.8 Å². The van der Waals surface area contributed by atoms with E-state index < -0.39 is 27.6 Å². The van der Waals surface area contributed by atoms with Crippen LogP contribution in [-0.4, -0.2) is 43.2 Å². The van der Waals surface area contributed by atoms with Crippen molar-refractivity contribution < 1.29 is 22.8 Å². The fraction of sp³-hybridized carbons (Fsp3) is 0.167. The summed E-state index contributed by atoms with van der Waals surface area (Å²) in [6.07, 6.45) is 0. The van der Waals surface area contributed by atoms with E-state index in [4.69, 9.17) is 0 Å². The Hall–Kier alpha value is -3.00. The number of carbonyl (C=O) groups is 3. The van der Waals surface area contributed by atoms with Crippen LogP contribution in [0.25, 0.3) is 0 Å². The van der Waals surface area contributed by atoms with E-state index in [2.05, 4.69) is 4.72 Å². The molecule has 0 saturated carbocycles. The first kappa shape index (κ1) is 17.8. The largest absolute Gasteiger partial charge is 0.295 e. The quantitative estimate of drug-likeness (QED) is 0.617. The van der Waals surface area contributed by atoms with E-state index >= 15 is 0 Å². The van der Waals surface area contributed by atoms with Crippen molar-refractivity contribution in [3.8, 4) is 0 Å². The number of fused-ring (bicyclic) bond motifs is 1. The third kappa shape index (κ3) is 3.50. The van der Waals surface area contributed by atoms with E-state index in [1.165, 1.54) is 31.2 Å². The molecule has 1 aliphatic rings. The molecule has 1 heterocycles. The number of Topliss-reactive ketones (excluding diaryl/α,β-unsaturated/α-hetero) is 1. The molecule has 0 aromatic heterocycles. The van der Waals surface area contributed by atoms with Crippen molar-refractivity contribution >= 4 is 33.3 Å². The maximum atomic E-state index is 12.3. The van der Waals surface area contributed by atoms with Crippen LogP contribution >= 0.6 is 0 Å². The monoisotopic (exact) mass is 372 g/mol. The van der Waals surface area contributed by atoms with Crippen molar-refractivity contribution in [2.24, 2.45) is 0 Å². The zero-order valence-corrected chi connectivity index (χ0v) is 14.7. The van der Waals surface area contributed by atoms with Crippen molar-refractivity contribution in [3.63, 3.8) is 0 Å². The predicted octanol–water partition coefficient (Wildman–Crippen LogP) is 1.93. The number of ketones is 1. The van der Waals surface area contributed by atoms with Crippen LogP contribution in [0.5, 0.6) is 0 Å². The van der Waals surface area contributed by atoms with Crippen molar-refractivity contribution in [1.29, 1.82) is 0 Å². The van der Waals surface area contributed by atoms with Gasteiger partial charge in [-0.1, -0.05) is 24.3 Å². The summed E-state index contributed by atoms with van der Waals surface area (Å²) in [5.41, 5.74) is 1.18. The van der Waals surface area contributed by atoms with Crippen molar-refractivity contribution in [2.45, 2.75) is 6.92 Å². The van der Waals surface area contributed by atoms with Gasteiger partial charge in [0.05, 0.1) is 16.9 Å². The van der Waals surface area contributed by atoms with Gasteiger partial charge in [0.1, 0.15) is 0 Å². The molecule has 0 bridgehead atoms. The standard InChI is InChI=1S/C18H16N2O5S/c1-12(21)13-5-4-6-14(11-13)19-26(24,25)10-9-20-17(22)15-7-2-3-8-16(15)18(20)23/h2-8,11,19H,9-10H2,1H3. The lowest BCUT2D eigenvalue weighted by atomic mass is 10.1. The third-order valence-corrected chi connectivity index (χ3v) is 5.27. The molecule has 2 amide bonds. The van der Waals surface area contributed by atoms with Crippen LogP contribution < -0.4 is 4.72 Å². The number of anilines is 1. The van der Waals surface area contributed by atoms with E-state index in [0.717, 1.165) is 4.90 Å². The van der Waals surface area contributed by atoms with Crippen molar-refractivity contribution in [3.05, 3.63) is 65.2 Å². The molecule has 1 N–H and O–H groups in total. The Kier molecular flexibility index (Phi) is 4.60. The van der Waals surface area contributed by atoms with Crippen LogP contribution in [-0.2, 0) is 10.0 Å². The lowest BCUT2D eigenvalue weighted by molar-refractivity contribution is 0.0664. The van der Waals surface area contributed by atoms with E-state index in [9.17, 15) is 22.8 Å². The Morgan fingerprint density at radius 3 is 2.19 bits per heavy atom. The summed E-state index contributed by atoms with van der Waals surface area (Å²) in [4.78, 5) is 36.8. The molecular weight excluding hydrogens is 356 g/mol. The number of rotatable bonds is 6. The summed E-state index contributed by atoms with van der Waals surface area (Å²) >= 11 is 0. The lowest BCUT2D eigenvalue weighted by Gasteiger charge is -2.14. The first-order valence-electron chi connectivity index (χ1n) is 7.85. The number of sulfonamides is 1. The molecule has 2 aromatic rings. The van der Waals surface area contributed by atoms with Crippen LogP contribution in [0.4, 0.5) is 5.69 Å². The number of imide groups is 1. The molecule has 1 aliphatic heterocycles. The Balaban J connectivity index is 1.70. The van der Waals surface area contributed by atoms with Gasteiger partial charge < -0.3 is 0 Å². The molecule has 7 nitrogen and oxygen atoms in total. The van der Waals surface area contributed by atoms with Crippen molar-refractivity contribution in [1.82, 2.24) is 4.90 Å². The first-order valence-corrected chi connectivity index (χ1v) is 9.50. The highest BCUT2D eigenvalue weighted by molar-refractivity contribution is 7.92. The van der Waals surface area contributed by atoms with Crippen LogP contribution in [0, 0.1) is 0 Å². The molecule has 26 heavy (non-hydrogen) atoms. The van der Waals surface area contributed by atoms with E-state index in [1.807, 2.05) is 0 Å². The van der Waals surface area contributed by atoms with Crippen molar-refractivity contribution in [2.75, 3.05) is 17.0 Å². The summed E-state index contributed by atoms with van der Waals surface area (Å²) in [6.45, 7) is 1.13. The number of nitrogens with zero attached hydrogens (tertiary/aromatic N) is 1. The zero-order chi connectivity index (χ0) is 18.9. The molecule has 0 spiro atoms. The Bertz CT molecular complexity index is 979. The van der Waals surface area contributed by atoms with Gasteiger partial charge in [-0.3, -0.25) is 24.0 Å². The van der Waals surface area contributed by atoms with Crippen LogP contribution in [0.3, 0.4) is 0 Å². The Labute approximate surface area is 150 Å². The van der Waals surface area contributed by atoms with Gasteiger partial charge in [-0.25, -0.2) is 8.42 Å². The molecule has 2 aromatic carbocycles. The van der Waals surface area contributed by atoms with Gasteiger partial charge in [-0.2, -0.15) is 0 Å². The molecule has 0 atom stereocenters. The highest BCUT2D eigenvalue weighted by atomic mass is 32.2. The smallest absolute Gasteiger partial charge is 0.261 e. The van der Waals surface area contributed by atoms with Gasteiger partial charge in [0.25, 0.3) is 11.8 Å². The van der Waals surface area contributed by atoms with E-state index in [0.29, 0.717) is 5.56 Å². The number of hydrogen-bond donors (Lipinski definition) is 1. The second-order valence-corrected chi connectivity index (χ2v) is 7.71. The zero-order valence-electron chi connectivity index (χ0n) is 13.9. The molecule has 0 saturated heterocycles. The molecule has 8 heteroatoms. The van der Waals surface area contributed by atoms with Gasteiger partial charge in [0.15, 0.2) is 5.78 Å². The molecule has 0 radical (unpaired) electrons. The SMILES string of the molecule is CC(=O)c1cccc(NS(=O)(=O)CCN2C(=O)c3ccccc3C2=O)c1. The molecular formula is C18H16N2O5S. The number of benzene rings is 2. The topological polar surface area (TPSA) is 101 Å². The molecule has 0 unspecified atom stereocenters. The summed E-state index contributed by atoms with van der Waals surface area (Å²) in [5, 5.41) is 0. The summed E-state index contributed by atoms with van der Waals surface area (Å²) in [7, 11) is -3.81. The van der Waals surface area contributed by atoms with E-state index in [-0.39, 0.29) is 29.1 Å². The first-order chi connectivity index (χ1) is 12.3. The highest BCUT2D eigenvalue weighted by Crippen LogP contribution is 2.22. The number of carbonyl (C=O) groups excluding carboxylic acids is 3. The Morgan fingerprint density at radius 2 is 1.62 bits per heavy atom. The normalized spacial score (nSPS) is 13.7. The fourth-order valence-electron chi connectivity index (χ4n) is 2.69. The van der Waals surface area contributed by atoms with Crippen LogP contribution in [0.2, 0.25) is 0 Å². The second-order valence-electron chi connectivity index (χ2n) is 5.87. The van der Waals surface area contributed by atoms with Crippen LogP contribution in [0.15, 0.2) is 48.5 Å². The van der Waals surface area contributed by atoms with Gasteiger partial charge >= 0.3 is 0 Å². The summed E-state index contributed by atoms with van der Waals surface area (Å²) in [5.74, 6) is -1.63. The highest BCUT2D eigenvalue weighted by Gasteiger charge is 2.35. The molecule has 0 aliphatic carbocycles. The third-order valence-electron chi connectivity index (χ3n) is 4.00. The van der Waals surface area contributed by atoms with Gasteiger partial charge in [-0.05, 0) is 31.2 Å². The van der Waals surface area contributed by atoms with Crippen LogP contribution in [0.1, 0.15) is 38.0 Å². The number of hydrogen-bond acceptors (Lipinski definition) is 5. The molecule has 0 fully saturated rings. The average molecular weight is 372 g/mol. The minimum Gasteiger partial charge on any atom is -0.295 e. The predicted molar refractivity (Wildman–Crippen MR) is 95.7 cm³/mol. The lowest BCUT2D eigenvalue weighted by Crippen LogP contribution is -2.35. The minimum absolute atomic E-state index is 0.183.